The highest BCUT2D eigenvalue weighted by atomic mass is 16.5. The van der Waals surface area contributed by atoms with Gasteiger partial charge in [-0.05, 0) is 12.1 Å². The maximum absolute atomic E-state index is 11.8. The van der Waals surface area contributed by atoms with Gasteiger partial charge < -0.3 is 14.5 Å². The third-order valence-corrected chi connectivity index (χ3v) is 1.96. The second-order valence-electron chi connectivity index (χ2n) is 2.89. The van der Waals surface area contributed by atoms with Gasteiger partial charge in [0.25, 0.3) is 0 Å². The fraction of sp³-hybridized carbons (Fsp3) is 0.333. The van der Waals surface area contributed by atoms with Gasteiger partial charge in [-0.2, -0.15) is 0 Å². The van der Waals surface area contributed by atoms with Crippen LogP contribution in [0.1, 0.15) is 17.3 Å². The highest BCUT2D eigenvalue weighted by molar-refractivity contribution is 5.98. The van der Waals surface area contributed by atoms with E-state index in [2.05, 4.69) is 10.2 Å². The second kappa shape index (κ2) is 4.56. The molecule has 0 aromatic carbocycles. The molecule has 0 spiro atoms. The normalized spacial score (nSPS) is 9.69. The quantitative estimate of drug-likeness (QED) is 0.609. The number of methoxy groups -OCH3 is 2. The van der Waals surface area contributed by atoms with E-state index in [1.807, 2.05) is 0 Å². The number of nitrogens with zero attached hydrogens (tertiary/aromatic N) is 1. The van der Waals surface area contributed by atoms with Gasteiger partial charge in [0.05, 0.1) is 14.2 Å². The summed E-state index contributed by atoms with van der Waals surface area (Å²) in [4.78, 5) is 35.8. The first-order valence-electron chi connectivity index (χ1n) is 4.29. The van der Waals surface area contributed by atoms with Crippen LogP contribution in [0.25, 0.3) is 0 Å². The fourth-order valence-corrected chi connectivity index (χ4v) is 1.28. The van der Waals surface area contributed by atoms with Crippen LogP contribution in [-0.2, 0) is 0 Å². The molecule has 1 N–H and O–H groups in total. The van der Waals surface area contributed by atoms with Crippen LogP contribution in [0.4, 0.5) is 5.82 Å². The molecule has 0 unspecified atom stereocenters. The molecule has 86 valence electrons. The van der Waals surface area contributed by atoms with Gasteiger partial charge in [0.1, 0.15) is 5.56 Å². The van der Waals surface area contributed by atoms with Crippen LogP contribution in [-0.4, -0.2) is 25.0 Å². The largest absolute Gasteiger partial charge is 0.488 e. The molecular formula is C9H10N2O5. The summed E-state index contributed by atoms with van der Waals surface area (Å²) in [6.07, 6.45) is 0. The minimum Gasteiger partial charge on any atom is -0.488 e. The van der Waals surface area contributed by atoms with E-state index < -0.39 is 11.2 Å². The number of hydrogen-bond acceptors (Lipinski definition) is 6. The van der Waals surface area contributed by atoms with Gasteiger partial charge in [0.15, 0.2) is 11.6 Å². The van der Waals surface area contributed by atoms with Crippen molar-refractivity contribution in [3.63, 3.8) is 0 Å². The first-order chi connectivity index (χ1) is 7.56. The van der Waals surface area contributed by atoms with Crippen molar-refractivity contribution in [3.8, 4) is 11.6 Å². The van der Waals surface area contributed by atoms with Gasteiger partial charge in [-0.25, -0.2) is 0 Å². The summed E-state index contributed by atoms with van der Waals surface area (Å²) in [5.41, 5.74) is -1.06. The minimum absolute atomic E-state index is 0.0490. The van der Waals surface area contributed by atoms with Crippen molar-refractivity contribution in [1.29, 1.82) is 0 Å². The number of rotatable bonds is 4. The predicted molar refractivity (Wildman–Crippen MR) is 55.6 cm³/mol. The number of aromatic amines is 1. The average Bonchev–Trinajstić information content (AvgIpc) is 2.26. The summed E-state index contributed by atoms with van der Waals surface area (Å²) >= 11 is 0. The van der Waals surface area contributed by atoms with Gasteiger partial charge in [0, 0.05) is 0 Å². The summed E-state index contributed by atoms with van der Waals surface area (Å²) < 4.78 is 9.60. The SMILES string of the molecule is COc1[nH]c(N=O)c(C(C)=O)c(=O)c1OC. The van der Waals surface area contributed by atoms with Gasteiger partial charge in [-0.15, -0.1) is 4.91 Å². The lowest BCUT2D eigenvalue weighted by Gasteiger charge is -2.08. The Hall–Kier alpha value is -2.18. The van der Waals surface area contributed by atoms with Gasteiger partial charge in [0.2, 0.25) is 17.1 Å². The summed E-state index contributed by atoms with van der Waals surface area (Å²) in [5.74, 6) is -1.15. The molecule has 0 bridgehead atoms. The zero-order valence-electron chi connectivity index (χ0n) is 8.99. The number of carbonyl (C=O) groups excluding carboxylic acids is 1. The molecule has 0 radical (unpaired) electrons. The Morgan fingerprint density at radius 1 is 1.31 bits per heavy atom. The summed E-state index contributed by atoms with van der Waals surface area (Å²) in [6, 6.07) is 0. The van der Waals surface area contributed by atoms with Crippen LogP contribution in [0, 0.1) is 4.91 Å². The maximum atomic E-state index is 11.8. The van der Waals surface area contributed by atoms with Crippen LogP contribution >= 0.6 is 0 Å². The van der Waals surface area contributed by atoms with Gasteiger partial charge in [-0.1, -0.05) is 0 Å². The van der Waals surface area contributed by atoms with Crippen molar-refractivity contribution in [3.05, 3.63) is 20.7 Å². The number of ketones is 1. The first-order valence-corrected chi connectivity index (χ1v) is 4.29. The van der Waals surface area contributed by atoms with Crippen molar-refractivity contribution in [2.24, 2.45) is 5.18 Å². The monoisotopic (exact) mass is 226 g/mol. The number of ether oxygens (including phenoxy) is 2. The molecule has 1 aromatic heterocycles. The average molecular weight is 226 g/mol. The molecule has 1 rings (SSSR count). The summed E-state index contributed by atoms with van der Waals surface area (Å²) in [7, 11) is 2.54. The zero-order valence-corrected chi connectivity index (χ0v) is 8.99. The van der Waals surface area contributed by atoms with E-state index in [1.165, 1.54) is 14.2 Å². The number of hydrogen-bond donors (Lipinski definition) is 1. The Morgan fingerprint density at radius 2 is 1.94 bits per heavy atom. The van der Waals surface area contributed by atoms with Crippen molar-refractivity contribution < 1.29 is 14.3 Å². The zero-order chi connectivity index (χ0) is 12.3. The lowest BCUT2D eigenvalue weighted by Crippen LogP contribution is -2.17. The standard InChI is InChI=1S/C9H10N2O5/c1-4(12)5-6(13)7(15-2)9(16-3)10-8(5)11-14/h1-3H3,(H,10,13). The van der Waals surface area contributed by atoms with E-state index in [0.717, 1.165) is 6.92 Å². The number of pyridine rings is 1. The number of H-pyrrole nitrogens is 1. The van der Waals surface area contributed by atoms with Crippen molar-refractivity contribution in [2.45, 2.75) is 6.92 Å². The Balaban J connectivity index is 3.68. The molecule has 1 heterocycles. The van der Waals surface area contributed by atoms with Crippen molar-refractivity contribution >= 4 is 11.6 Å². The molecule has 0 amide bonds. The van der Waals surface area contributed by atoms with Crippen LogP contribution < -0.4 is 14.9 Å². The third-order valence-electron chi connectivity index (χ3n) is 1.96. The van der Waals surface area contributed by atoms with E-state index in [0.29, 0.717) is 0 Å². The Labute approximate surface area is 90.4 Å². The molecule has 0 fully saturated rings. The van der Waals surface area contributed by atoms with Gasteiger partial charge in [-0.3, -0.25) is 9.59 Å². The molecular weight excluding hydrogens is 216 g/mol. The molecule has 16 heavy (non-hydrogen) atoms. The van der Waals surface area contributed by atoms with Crippen LogP contribution in [0.5, 0.6) is 11.6 Å². The third kappa shape index (κ3) is 1.79. The molecule has 0 saturated heterocycles. The lowest BCUT2D eigenvalue weighted by molar-refractivity contribution is 0.101. The fourth-order valence-electron chi connectivity index (χ4n) is 1.28. The number of nitroso groups, excluding NO2 is 1. The lowest BCUT2D eigenvalue weighted by atomic mass is 10.1. The topological polar surface area (TPSA) is 97.8 Å². The molecule has 0 atom stereocenters. The molecule has 1 aromatic rings. The van der Waals surface area contributed by atoms with E-state index in [1.54, 1.807) is 0 Å². The number of aromatic nitrogens is 1. The molecule has 7 nitrogen and oxygen atoms in total. The second-order valence-corrected chi connectivity index (χ2v) is 2.89. The Kier molecular flexibility index (Phi) is 3.39. The van der Waals surface area contributed by atoms with Crippen LogP contribution in [0.15, 0.2) is 9.97 Å². The number of carbonyl (C=O) groups is 1. The Bertz CT molecular complexity index is 491. The van der Waals surface area contributed by atoms with Crippen LogP contribution in [0.2, 0.25) is 0 Å². The highest BCUT2D eigenvalue weighted by Crippen LogP contribution is 2.25. The molecule has 0 saturated carbocycles. The summed E-state index contributed by atoms with van der Waals surface area (Å²) in [6.45, 7) is 1.16. The van der Waals surface area contributed by atoms with Crippen molar-refractivity contribution in [2.75, 3.05) is 14.2 Å². The predicted octanol–water partition coefficient (Wildman–Crippen LogP) is 0.993. The molecule has 0 aliphatic heterocycles. The highest BCUT2D eigenvalue weighted by Gasteiger charge is 2.21. The van der Waals surface area contributed by atoms with Gasteiger partial charge >= 0.3 is 0 Å². The minimum atomic E-state index is -0.722. The van der Waals surface area contributed by atoms with Crippen molar-refractivity contribution in [1.82, 2.24) is 4.98 Å². The maximum Gasteiger partial charge on any atom is 0.240 e. The first kappa shape index (κ1) is 11.9. The molecule has 0 aliphatic carbocycles. The van der Waals surface area contributed by atoms with E-state index in [9.17, 15) is 14.5 Å². The number of Topliss-reactive ketones (excluding diaryl/α,β-unsaturated/α-hetero) is 1. The molecule has 7 heteroatoms. The Morgan fingerprint density at radius 3 is 2.31 bits per heavy atom. The summed E-state index contributed by atoms with van der Waals surface area (Å²) in [5, 5.41) is 2.57. The van der Waals surface area contributed by atoms with Crippen LogP contribution in [0.3, 0.4) is 0 Å². The van der Waals surface area contributed by atoms with E-state index >= 15 is 0 Å². The smallest absolute Gasteiger partial charge is 0.240 e. The van der Waals surface area contributed by atoms with E-state index in [4.69, 9.17) is 9.47 Å². The van der Waals surface area contributed by atoms with E-state index in [-0.39, 0.29) is 23.0 Å². The number of nitrogens with one attached hydrogen (secondary N) is 1. The molecule has 0 aliphatic rings.